The lowest BCUT2D eigenvalue weighted by Crippen LogP contribution is -2.63. The minimum absolute atomic E-state index is 0.00947. The first kappa shape index (κ1) is 23.2. The van der Waals surface area contributed by atoms with Crippen LogP contribution in [0.3, 0.4) is 0 Å². The van der Waals surface area contributed by atoms with Gasteiger partial charge in [-0.15, -0.1) is 0 Å². The summed E-state index contributed by atoms with van der Waals surface area (Å²) in [5.74, 6) is 1.13. The van der Waals surface area contributed by atoms with Gasteiger partial charge in [-0.25, -0.2) is 0 Å². The normalized spacial score (nSPS) is 53.7. The average Bonchev–Trinajstić information content (AvgIpc) is 2.67. The van der Waals surface area contributed by atoms with E-state index in [0.717, 1.165) is 32.1 Å². The molecule has 0 aromatic carbocycles. The largest absolute Gasteiger partial charge is 0.393 e. The molecule has 8 atom stereocenters. The Morgan fingerprint density at radius 3 is 2.19 bits per heavy atom. The number of hydrogen-bond acceptors (Lipinski definition) is 2. The van der Waals surface area contributed by atoms with Crippen LogP contribution in [0.1, 0.15) is 107 Å². The predicted molar refractivity (Wildman–Crippen MR) is 132 cm³/mol. The van der Waals surface area contributed by atoms with Crippen molar-refractivity contribution in [2.45, 2.75) is 119 Å². The summed E-state index contributed by atoms with van der Waals surface area (Å²) in [6.45, 7) is 19.4. The molecule has 0 heterocycles. The van der Waals surface area contributed by atoms with Gasteiger partial charge in [0.2, 0.25) is 0 Å². The summed E-state index contributed by atoms with van der Waals surface area (Å²) in [6, 6.07) is 0. The van der Waals surface area contributed by atoms with E-state index in [2.05, 4.69) is 67.5 Å². The topological polar surface area (TPSA) is 40.5 Å². The molecule has 0 unspecified atom stereocenters. The van der Waals surface area contributed by atoms with Crippen molar-refractivity contribution in [3.63, 3.8) is 0 Å². The first-order valence-electron chi connectivity index (χ1n) is 13.4. The second-order valence-corrected chi connectivity index (χ2v) is 14.9. The van der Waals surface area contributed by atoms with Crippen molar-refractivity contribution in [2.75, 3.05) is 0 Å². The number of aliphatic hydroxyl groups is 2. The fraction of sp³-hybridized carbons (Fsp3) is 0.867. The molecular weight excluding hydrogens is 392 g/mol. The Morgan fingerprint density at radius 1 is 0.812 bits per heavy atom. The molecule has 0 aromatic rings. The summed E-state index contributed by atoms with van der Waals surface area (Å²) in [6.07, 6.45) is 13.6. The summed E-state index contributed by atoms with van der Waals surface area (Å²) in [4.78, 5) is 0. The summed E-state index contributed by atoms with van der Waals surface area (Å²) >= 11 is 0. The Balaban J connectivity index is 1.66. The van der Waals surface area contributed by atoms with E-state index in [1.54, 1.807) is 11.1 Å². The van der Waals surface area contributed by atoms with Gasteiger partial charge in [-0.3, -0.25) is 0 Å². The van der Waals surface area contributed by atoms with Gasteiger partial charge in [-0.05, 0) is 95.9 Å². The smallest absolute Gasteiger partial charge is 0.0636 e. The van der Waals surface area contributed by atoms with E-state index in [1.165, 1.54) is 19.3 Å². The highest BCUT2D eigenvalue weighted by atomic mass is 16.3. The maximum Gasteiger partial charge on any atom is 0.0636 e. The number of fused-ring (bicyclic) bond motifs is 6. The van der Waals surface area contributed by atoms with Crippen molar-refractivity contribution in [1.29, 1.82) is 0 Å². The van der Waals surface area contributed by atoms with E-state index < -0.39 is 0 Å². The Bertz CT molecular complexity index is 879. The van der Waals surface area contributed by atoms with Gasteiger partial charge in [-0.2, -0.15) is 0 Å². The van der Waals surface area contributed by atoms with Crippen LogP contribution in [0.5, 0.6) is 0 Å². The van der Waals surface area contributed by atoms with Crippen LogP contribution in [-0.4, -0.2) is 22.4 Å². The fourth-order valence-electron chi connectivity index (χ4n) is 10.00. The molecule has 0 bridgehead atoms. The van der Waals surface area contributed by atoms with E-state index in [9.17, 15) is 10.2 Å². The van der Waals surface area contributed by atoms with E-state index in [-0.39, 0.29) is 44.7 Å². The molecule has 180 valence electrons. The monoisotopic (exact) mass is 440 g/mol. The van der Waals surface area contributed by atoms with E-state index >= 15 is 0 Å². The molecule has 5 aliphatic rings. The average molecular weight is 441 g/mol. The third kappa shape index (κ3) is 2.66. The lowest BCUT2D eigenvalue weighted by atomic mass is 9.35. The van der Waals surface area contributed by atoms with E-state index in [1.807, 2.05) is 0 Å². The molecule has 2 heteroatoms. The van der Waals surface area contributed by atoms with Crippen molar-refractivity contribution in [2.24, 2.45) is 44.3 Å². The molecule has 0 radical (unpaired) electrons. The van der Waals surface area contributed by atoms with Gasteiger partial charge in [0.05, 0.1) is 12.2 Å². The van der Waals surface area contributed by atoms with Crippen LogP contribution >= 0.6 is 0 Å². The maximum absolute atomic E-state index is 11.3. The molecule has 0 aliphatic heterocycles. The third-order valence-corrected chi connectivity index (χ3v) is 12.5. The van der Waals surface area contributed by atoms with Gasteiger partial charge in [0.25, 0.3) is 0 Å². The van der Waals surface area contributed by atoms with E-state index in [4.69, 9.17) is 0 Å². The first-order valence-corrected chi connectivity index (χ1v) is 13.4. The highest BCUT2D eigenvalue weighted by Gasteiger charge is 2.66. The van der Waals surface area contributed by atoms with Crippen LogP contribution in [0.25, 0.3) is 0 Å². The van der Waals surface area contributed by atoms with E-state index in [0.29, 0.717) is 11.8 Å². The minimum Gasteiger partial charge on any atom is -0.393 e. The standard InChI is InChI=1S/C30H48O2/c1-25(2)17-20-19-9-10-22-28(6)13-12-23(31)26(3,4)21(28)11-14-30(22,8)29(19,7)16-15-27(20,5)24(32)18-25/h9-10,21-24,31-32H,11-18H2,1-8H3/t21-,22-,23+,24-,27-,28+,29-,30-/m1/s1. The zero-order chi connectivity index (χ0) is 23.5. The van der Waals surface area contributed by atoms with Gasteiger partial charge >= 0.3 is 0 Å². The Labute approximate surface area is 197 Å². The van der Waals surface area contributed by atoms with Gasteiger partial charge in [0.1, 0.15) is 0 Å². The number of rotatable bonds is 0. The maximum atomic E-state index is 11.3. The van der Waals surface area contributed by atoms with Gasteiger partial charge in [0.15, 0.2) is 0 Å². The predicted octanol–water partition coefficient (Wildman–Crippen LogP) is 7.06. The summed E-state index contributed by atoms with van der Waals surface area (Å²) < 4.78 is 0. The van der Waals surface area contributed by atoms with Crippen molar-refractivity contribution >= 4 is 0 Å². The Kier molecular flexibility index (Phi) is 4.73. The zero-order valence-electron chi connectivity index (χ0n) is 22.0. The SMILES string of the molecule is CC1(C)CC2=C3C=C[C@@H]4[C@@]5(C)CC[C@H](O)C(C)(C)[C@H]5CC[C@@]4(C)[C@]3(C)CC[C@@]2(C)[C@H](O)C1. The van der Waals surface area contributed by atoms with Crippen molar-refractivity contribution in [3.8, 4) is 0 Å². The highest BCUT2D eigenvalue weighted by molar-refractivity contribution is 5.46. The molecule has 0 saturated heterocycles. The minimum atomic E-state index is -0.230. The summed E-state index contributed by atoms with van der Waals surface area (Å²) in [7, 11) is 0. The van der Waals surface area contributed by atoms with Crippen LogP contribution in [0, 0.1) is 44.3 Å². The molecule has 0 spiro atoms. The molecule has 3 fully saturated rings. The van der Waals surface area contributed by atoms with Crippen LogP contribution in [0.4, 0.5) is 0 Å². The van der Waals surface area contributed by atoms with Crippen LogP contribution in [-0.2, 0) is 0 Å². The molecule has 3 saturated carbocycles. The quantitative estimate of drug-likeness (QED) is 0.423. The van der Waals surface area contributed by atoms with Crippen molar-refractivity contribution in [1.82, 2.24) is 0 Å². The summed E-state index contributed by atoms with van der Waals surface area (Å²) in [5.41, 5.74) is 3.90. The van der Waals surface area contributed by atoms with Crippen LogP contribution in [0.15, 0.2) is 23.3 Å². The van der Waals surface area contributed by atoms with Crippen molar-refractivity contribution in [3.05, 3.63) is 23.3 Å². The van der Waals surface area contributed by atoms with Crippen LogP contribution < -0.4 is 0 Å². The molecule has 5 aliphatic carbocycles. The second kappa shape index (κ2) is 6.54. The molecule has 32 heavy (non-hydrogen) atoms. The molecule has 0 aromatic heterocycles. The first-order chi connectivity index (χ1) is 14.6. The lowest BCUT2D eigenvalue weighted by molar-refractivity contribution is -0.183. The molecule has 0 amide bonds. The molecule has 2 nitrogen and oxygen atoms in total. The van der Waals surface area contributed by atoms with Gasteiger partial charge < -0.3 is 10.2 Å². The second-order valence-electron chi connectivity index (χ2n) is 14.9. The Hall–Kier alpha value is -0.600. The van der Waals surface area contributed by atoms with Crippen molar-refractivity contribution < 1.29 is 10.2 Å². The van der Waals surface area contributed by atoms with Gasteiger partial charge in [-0.1, -0.05) is 73.1 Å². The third-order valence-electron chi connectivity index (χ3n) is 12.5. The number of allylic oxidation sites excluding steroid dienone is 3. The van der Waals surface area contributed by atoms with Crippen LogP contribution in [0.2, 0.25) is 0 Å². The Morgan fingerprint density at radius 2 is 1.50 bits per heavy atom. The number of aliphatic hydroxyl groups excluding tert-OH is 2. The summed E-state index contributed by atoms with van der Waals surface area (Å²) in [5, 5.41) is 22.1. The molecule has 5 rings (SSSR count). The fourth-order valence-corrected chi connectivity index (χ4v) is 10.00. The number of hydrogen-bond donors (Lipinski definition) is 2. The highest BCUT2D eigenvalue weighted by Crippen LogP contribution is 2.74. The molecular formula is C30H48O2. The zero-order valence-corrected chi connectivity index (χ0v) is 22.0. The molecule has 2 N–H and O–H groups in total. The lowest BCUT2D eigenvalue weighted by Gasteiger charge is -2.69. The van der Waals surface area contributed by atoms with Gasteiger partial charge in [0, 0.05) is 5.41 Å².